The second-order valence-corrected chi connectivity index (χ2v) is 5.43. The van der Waals surface area contributed by atoms with Crippen molar-refractivity contribution in [1.82, 2.24) is 0 Å². The third-order valence-electron chi connectivity index (χ3n) is 3.61. The van der Waals surface area contributed by atoms with Gasteiger partial charge in [-0.05, 0) is 46.9 Å². The van der Waals surface area contributed by atoms with Crippen LogP contribution in [0.25, 0.3) is 17.2 Å². The highest BCUT2D eigenvalue weighted by Crippen LogP contribution is 2.40. The smallest absolute Gasteiger partial charge is 0.166 e. The van der Waals surface area contributed by atoms with E-state index in [1.807, 2.05) is 13.8 Å². The monoisotopic (exact) mass is 316 g/mol. The highest BCUT2D eigenvalue weighted by molar-refractivity contribution is 5.86. The fourth-order valence-electron chi connectivity index (χ4n) is 2.56. The molecule has 0 radical (unpaired) electrons. The molecule has 0 saturated carbocycles. The van der Waals surface area contributed by atoms with Crippen LogP contribution in [0.4, 0.5) is 8.78 Å². The summed E-state index contributed by atoms with van der Waals surface area (Å²) in [5.41, 5.74) is 2.57. The van der Waals surface area contributed by atoms with Gasteiger partial charge >= 0.3 is 0 Å². The third kappa shape index (κ3) is 3.47. The van der Waals surface area contributed by atoms with Gasteiger partial charge in [-0.25, -0.2) is 8.78 Å². The van der Waals surface area contributed by atoms with E-state index in [2.05, 4.69) is 0 Å². The Morgan fingerprint density at radius 3 is 2.30 bits per heavy atom. The number of hydrogen-bond donors (Lipinski definition) is 0. The number of carbonyl (C=O) groups is 1. The van der Waals surface area contributed by atoms with Gasteiger partial charge in [0.15, 0.2) is 11.6 Å². The number of rotatable bonds is 5. The summed E-state index contributed by atoms with van der Waals surface area (Å²) >= 11 is 0. The molecule has 0 aliphatic carbocycles. The van der Waals surface area contributed by atoms with Crippen LogP contribution >= 0.6 is 0 Å². The van der Waals surface area contributed by atoms with Gasteiger partial charge in [0.2, 0.25) is 0 Å². The molecule has 2 aromatic rings. The van der Waals surface area contributed by atoms with Crippen LogP contribution in [0.15, 0.2) is 36.4 Å². The summed E-state index contributed by atoms with van der Waals surface area (Å²) in [4.78, 5) is 10.7. The van der Waals surface area contributed by atoms with Crippen LogP contribution in [0.2, 0.25) is 0 Å². The van der Waals surface area contributed by atoms with E-state index in [1.165, 1.54) is 31.4 Å². The molecule has 0 bridgehead atoms. The predicted octanol–water partition coefficient (Wildman–Crippen LogP) is 4.98. The molecule has 0 amide bonds. The van der Waals surface area contributed by atoms with Crippen molar-refractivity contribution >= 4 is 12.4 Å². The highest BCUT2D eigenvalue weighted by atomic mass is 19.1. The van der Waals surface area contributed by atoms with Gasteiger partial charge in [-0.1, -0.05) is 32.1 Å². The van der Waals surface area contributed by atoms with Crippen LogP contribution in [0, 0.1) is 11.6 Å². The Hall–Kier alpha value is -2.49. The quantitative estimate of drug-likeness (QED) is 0.574. The van der Waals surface area contributed by atoms with Gasteiger partial charge < -0.3 is 4.74 Å². The maximum Gasteiger partial charge on any atom is 0.166 e. The van der Waals surface area contributed by atoms with E-state index < -0.39 is 5.82 Å². The molecule has 120 valence electrons. The molecular weight excluding hydrogens is 298 g/mol. The molecule has 0 unspecified atom stereocenters. The average Bonchev–Trinajstić information content (AvgIpc) is 2.53. The lowest BCUT2D eigenvalue weighted by Gasteiger charge is -2.19. The molecule has 2 aromatic carbocycles. The zero-order valence-electron chi connectivity index (χ0n) is 13.3. The maximum absolute atomic E-state index is 14.4. The number of hydrogen-bond acceptors (Lipinski definition) is 2. The van der Waals surface area contributed by atoms with E-state index in [0.29, 0.717) is 23.0 Å². The normalized spacial score (nSPS) is 11.2. The Bertz CT molecular complexity index is 732. The minimum Gasteiger partial charge on any atom is -0.493 e. The Morgan fingerprint density at radius 1 is 1.13 bits per heavy atom. The topological polar surface area (TPSA) is 26.3 Å². The van der Waals surface area contributed by atoms with Crippen LogP contribution in [0.5, 0.6) is 5.75 Å². The molecule has 23 heavy (non-hydrogen) atoms. The molecule has 0 atom stereocenters. The molecular formula is C19H18F2O2. The second kappa shape index (κ2) is 7.18. The van der Waals surface area contributed by atoms with Gasteiger partial charge in [0.1, 0.15) is 12.1 Å². The van der Waals surface area contributed by atoms with Crippen LogP contribution in [-0.2, 0) is 4.79 Å². The van der Waals surface area contributed by atoms with Gasteiger partial charge in [0, 0.05) is 5.56 Å². The molecule has 0 fully saturated rings. The first-order chi connectivity index (χ1) is 11.0. The Kier molecular flexibility index (Phi) is 5.27. The van der Waals surface area contributed by atoms with Gasteiger partial charge in [-0.3, -0.25) is 4.79 Å². The molecule has 0 aliphatic rings. The first kappa shape index (κ1) is 16.9. The summed E-state index contributed by atoms with van der Waals surface area (Å²) in [5, 5.41) is 0. The Labute approximate surface area is 134 Å². The largest absolute Gasteiger partial charge is 0.493 e. The number of aldehydes is 1. The summed E-state index contributed by atoms with van der Waals surface area (Å²) in [7, 11) is 1.38. The maximum atomic E-state index is 14.4. The Balaban J connectivity index is 2.85. The van der Waals surface area contributed by atoms with Crippen molar-refractivity contribution in [3.8, 4) is 16.9 Å². The van der Waals surface area contributed by atoms with E-state index in [-0.39, 0.29) is 17.5 Å². The standard InChI is InChI=1S/C19H18F2O2/c1-12(2)16-11-17(21)19(23-3)18(15(16)5-4-10-22)13-6-8-14(20)9-7-13/h4-12H,1-3H3/b5-4+. The SMILES string of the molecule is COc1c(F)cc(C(C)C)c(/C=C/C=O)c1-c1ccc(F)cc1. The second-order valence-electron chi connectivity index (χ2n) is 5.43. The summed E-state index contributed by atoms with van der Waals surface area (Å²) in [6.45, 7) is 3.88. The fraction of sp³-hybridized carbons (Fsp3) is 0.211. The van der Waals surface area contributed by atoms with E-state index in [4.69, 9.17) is 4.74 Å². The lowest BCUT2D eigenvalue weighted by atomic mass is 9.89. The average molecular weight is 316 g/mol. The zero-order chi connectivity index (χ0) is 17.0. The summed E-state index contributed by atoms with van der Waals surface area (Å²) in [6, 6.07) is 7.16. The number of halogens is 2. The first-order valence-electron chi connectivity index (χ1n) is 7.27. The zero-order valence-corrected chi connectivity index (χ0v) is 13.3. The minimum absolute atomic E-state index is 0.0425. The number of benzene rings is 2. The molecule has 0 heterocycles. The lowest BCUT2D eigenvalue weighted by Crippen LogP contribution is -2.02. The molecule has 2 nitrogen and oxygen atoms in total. The van der Waals surface area contributed by atoms with Crippen molar-refractivity contribution in [3.63, 3.8) is 0 Å². The number of ether oxygens (including phenoxy) is 1. The molecule has 0 N–H and O–H groups in total. The van der Waals surface area contributed by atoms with Gasteiger partial charge in [-0.2, -0.15) is 0 Å². The number of allylic oxidation sites excluding steroid dienone is 1. The van der Waals surface area contributed by atoms with Crippen LogP contribution in [0.1, 0.15) is 30.9 Å². The van der Waals surface area contributed by atoms with Crippen LogP contribution in [0.3, 0.4) is 0 Å². The third-order valence-corrected chi connectivity index (χ3v) is 3.61. The van der Waals surface area contributed by atoms with Crippen molar-refractivity contribution in [2.45, 2.75) is 19.8 Å². The predicted molar refractivity (Wildman–Crippen MR) is 87.5 cm³/mol. The molecule has 0 aromatic heterocycles. The minimum atomic E-state index is -0.487. The van der Waals surface area contributed by atoms with Gasteiger partial charge in [0.05, 0.1) is 7.11 Å². The van der Waals surface area contributed by atoms with Crippen molar-refractivity contribution in [3.05, 3.63) is 59.2 Å². The molecule has 4 heteroatoms. The molecule has 0 saturated heterocycles. The molecule has 0 aliphatic heterocycles. The van der Waals surface area contributed by atoms with E-state index in [1.54, 1.807) is 18.2 Å². The van der Waals surface area contributed by atoms with Crippen LogP contribution in [-0.4, -0.2) is 13.4 Å². The van der Waals surface area contributed by atoms with Crippen molar-refractivity contribution < 1.29 is 18.3 Å². The van der Waals surface area contributed by atoms with Gasteiger partial charge in [-0.15, -0.1) is 0 Å². The summed E-state index contributed by atoms with van der Waals surface area (Å²) in [6.07, 6.45) is 3.64. The van der Waals surface area contributed by atoms with Crippen molar-refractivity contribution in [2.24, 2.45) is 0 Å². The number of methoxy groups -OCH3 is 1. The van der Waals surface area contributed by atoms with Crippen molar-refractivity contribution in [1.29, 1.82) is 0 Å². The molecule has 2 rings (SSSR count). The summed E-state index contributed by atoms with van der Waals surface area (Å²) < 4.78 is 32.9. The first-order valence-corrected chi connectivity index (χ1v) is 7.27. The summed E-state index contributed by atoms with van der Waals surface area (Å²) in [5.74, 6) is -0.746. The van der Waals surface area contributed by atoms with E-state index in [0.717, 1.165) is 5.56 Å². The number of carbonyl (C=O) groups excluding carboxylic acids is 1. The van der Waals surface area contributed by atoms with E-state index >= 15 is 0 Å². The van der Waals surface area contributed by atoms with E-state index in [9.17, 15) is 13.6 Å². The van der Waals surface area contributed by atoms with Crippen molar-refractivity contribution in [2.75, 3.05) is 7.11 Å². The Morgan fingerprint density at radius 2 is 1.78 bits per heavy atom. The lowest BCUT2D eigenvalue weighted by molar-refractivity contribution is -0.104. The van der Waals surface area contributed by atoms with Crippen LogP contribution < -0.4 is 4.74 Å². The van der Waals surface area contributed by atoms with Gasteiger partial charge in [0.25, 0.3) is 0 Å². The highest BCUT2D eigenvalue weighted by Gasteiger charge is 2.20. The fourth-order valence-corrected chi connectivity index (χ4v) is 2.56. The molecule has 0 spiro atoms.